The van der Waals surface area contributed by atoms with Crippen molar-refractivity contribution in [3.05, 3.63) is 52.4 Å². The standard InChI is InChI=1S/C13H14BrN3O/c1-18-13-7-12(16-8-17-13)11(15)6-9-4-2-3-5-10(9)14/h2-5,7-8,11H,6,15H2,1H3. The first-order chi connectivity index (χ1) is 8.70. The van der Waals surface area contributed by atoms with Crippen molar-refractivity contribution in [2.45, 2.75) is 12.5 Å². The van der Waals surface area contributed by atoms with Gasteiger partial charge in [-0.25, -0.2) is 9.97 Å². The lowest BCUT2D eigenvalue weighted by Crippen LogP contribution is -2.15. The van der Waals surface area contributed by atoms with Crippen LogP contribution in [0.25, 0.3) is 0 Å². The van der Waals surface area contributed by atoms with E-state index in [4.69, 9.17) is 10.5 Å². The summed E-state index contributed by atoms with van der Waals surface area (Å²) in [4.78, 5) is 8.15. The van der Waals surface area contributed by atoms with Crippen LogP contribution in [0.1, 0.15) is 17.3 Å². The Balaban J connectivity index is 2.16. The van der Waals surface area contributed by atoms with Gasteiger partial charge >= 0.3 is 0 Å². The molecule has 1 atom stereocenters. The third kappa shape index (κ3) is 3.05. The zero-order valence-corrected chi connectivity index (χ0v) is 11.6. The Kier molecular flexibility index (Phi) is 4.28. The van der Waals surface area contributed by atoms with Crippen molar-refractivity contribution in [2.24, 2.45) is 5.73 Å². The molecule has 1 aromatic heterocycles. The molecule has 0 fully saturated rings. The summed E-state index contributed by atoms with van der Waals surface area (Å²) in [5.74, 6) is 0.530. The average molecular weight is 308 g/mol. The molecule has 1 aromatic carbocycles. The molecular formula is C13H14BrN3O. The molecule has 0 aliphatic rings. The van der Waals surface area contributed by atoms with Crippen LogP contribution in [-0.2, 0) is 6.42 Å². The Bertz CT molecular complexity index is 533. The highest BCUT2D eigenvalue weighted by Gasteiger charge is 2.11. The van der Waals surface area contributed by atoms with Crippen LogP contribution in [0, 0.1) is 0 Å². The van der Waals surface area contributed by atoms with Crippen LogP contribution in [0.5, 0.6) is 5.88 Å². The lowest BCUT2D eigenvalue weighted by atomic mass is 10.0. The normalized spacial score (nSPS) is 12.2. The molecule has 1 unspecified atom stereocenters. The molecule has 0 aliphatic heterocycles. The Morgan fingerprint density at radius 3 is 2.83 bits per heavy atom. The Morgan fingerprint density at radius 2 is 2.11 bits per heavy atom. The monoisotopic (exact) mass is 307 g/mol. The van der Waals surface area contributed by atoms with Gasteiger partial charge in [0.05, 0.1) is 18.8 Å². The van der Waals surface area contributed by atoms with Gasteiger partial charge in [0.1, 0.15) is 6.33 Å². The summed E-state index contributed by atoms with van der Waals surface area (Å²) in [6.07, 6.45) is 2.18. The van der Waals surface area contributed by atoms with Gasteiger partial charge in [0.2, 0.25) is 5.88 Å². The van der Waals surface area contributed by atoms with Gasteiger partial charge < -0.3 is 10.5 Å². The molecular weight excluding hydrogens is 294 g/mol. The minimum absolute atomic E-state index is 0.180. The Hall–Kier alpha value is -1.46. The van der Waals surface area contributed by atoms with Gasteiger partial charge in [-0.3, -0.25) is 0 Å². The largest absolute Gasteiger partial charge is 0.481 e. The fourth-order valence-electron chi connectivity index (χ4n) is 1.67. The summed E-state index contributed by atoms with van der Waals surface area (Å²) in [6, 6.07) is 9.60. The number of hydrogen-bond acceptors (Lipinski definition) is 4. The molecule has 18 heavy (non-hydrogen) atoms. The van der Waals surface area contributed by atoms with E-state index < -0.39 is 0 Å². The smallest absolute Gasteiger partial charge is 0.216 e. The molecule has 4 nitrogen and oxygen atoms in total. The Morgan fingerprint density at radius 1 is 1.33 bits per heavy atom. The number of aromatic nitrogens is 2. The zero-order valence-electron chi connectivity index (χ0n) is 10.0. The van der Waals surface area contributed by atoms with Crippen molar-refractivity contribution >= 4 is 15.9 Å². The predicted molar refractivity (Wildman–Crippen MR) is 73.4 cm³/mol. The first kappa shape index (κ1) is 13.0. The summed E-state index contributed by atoms with van der Waals surface area (Å²) in [7, 11) is 1.57. The molecule has 2 rings (SSSR count). The van der Waals surface area contributed by atoms with Crippen LogP contribution in [0.15, 0.2) is 41.1 Å². The van der Waals surface area contributed by atoms with Crippen LogP contribution < -0.4 is 10.5 Å². The summed E-state index contributed by atoms with van der Waals surface area (Å²) in [6.45, 7) is 0. The summed E-state index contributed by atoms with van der Waals surface area (Å²) in [5, 5.41) is 0. The van der Waals surface area contributed by atoms with Crippen molar-refractivity contribution in [3.8, 4) is 5.88 Å². The lowest BCUT2D eigenvalue weighted by Gasteiger charge is -2.12. The number of nitrogens with zero attached hydrogens (tertiary/aromatic N) is 2. The van der Waals surface area contributed by atoms with Gasteiger partial charge in [0.25, 0.3) is 0 Å². The van der Waals surface area contributed by atoms with Crippen molar-refractivity contribution in [3.63, 3.8) is 0 Å². The van der Waals surface area contributed by atoms with E-state index in [1.165, 1.54) is 6.33 Å². The molecule has 5 heteroatoms. The van der Waals surface area contributed by atoms with Crippen molar-refractivity contribution in [1.82, 2.24) is 9.97 Å². The number of benzene rings is 1. The average Bonchev–Trinajstić information content (AvgIpc) is 2.41. The second-order valence-corrected chi connectivity index (χ2v) is 4.74. The minimum atomic E-state index is -0.180. The maximum atomic E-state index is 6.15. The highest BCUT2D eigenvalue weighted by Crippen LogP contribution is 2.22. The third-order valence-corrected chi connectivity index (χ3v) is 3.42. The highest BCUT2D eigenvalue weighted by molar-refractivity contribution is 9.10. The van der Waals surface area contributed by atoms with E-state index in [-0.39, 0.29) is 6.04 Å². The number of rotatable bonds is 4. The molecule has 0 aliphatic carbocycles. The van der Waals surface area contributed by atoms with E-state index in [9.17, 15) is 0 Å². The molecule has 1 heterocycles. The summed E-state index contributed by atoms with van der Waals surface area (Å²) < 4.78 is 6.12. The van der Waals surface area contributed by atoms with Gasteiger partial charge in [-0.05, 0) is 18.1 Å². The third-order valence-electron chi connectivity index (χ3n) is 2.65. The minimum Gasteiger partial charge on any atom is -0.481 e. The van der Waals surface area contributed by atoms with E-state index in [1.54, 1.807) is 13.2 Å². The SMILES string of the molecule is COc1cc(C(N)Cc2ccccc2Br)ncn1. The first-order valence-corrected chi connectivity index (χ1v) is 6.35. The quantitative estimate of drug-likeness (QED) is 0.942. The molecule has 0 spiro atoms. The number of hydrogen-bond donors (Lipinski definition) is 1. The maximum Gasteiger partial charge on any atom is 0.216 e. The van der Waals surface area contributed by atoms with E-state index in [1.807, 2.05) is 24.3 Å². The van der Waals surface area contributed by atoms with Crippen molar-refractivity contribution in [2.75, 3.05) is 7.11 Å². The van der Waals surface area contributed by atoms with Crippen LogP contribution in [-0.4, -0.2) is 17.1 Å². The molecule has 0 radical (unpaired) electrons. The van der Waals surface area contributed by atoms with Crippen LogP contribution in [0.3, 0.4) is 0 Å². The van der Waals surface area contributed by atoms with Crippen LogP contribution in [0.4, 0.5) is 0 Å². The van der Waals surface area contributed by atoms with E-state index in [2.05, 4.69) is 25.9 Å². The predicted octanol–water partition coefficient (Wildman–Crippen LogP) is 2.49. The second-order valence-electron chi connectivity index (χ2n) is 3.89. The number of halogens is 1. The molecule has 0 saturated heterocycles. The molecule has 0 amide bonds. The van der Waals surface area contributed by atoms with Crippen molar-refractivity contribution in [1.29, 1.82) is 0 Å². The number of methoxy groups -OCH3 is 1. The summed E-state index contributed by atoms with van der Waals surface area (Å²) in [5.41, 5.74) is 8.08. The number of nitrogens with two attached hydrogens (primary N) is 1. The topological polar surface area (TPSA) is 61.0 Å². The van der Waals surface area contributed by atoms with E-state index in [0.29, 0.717) is 12.3 Å². The summed E-state index contributed by atoms with van der Waals surface area (Å²) >= 11 is 3.51. The highest BCUT2D eigenvalue weighted by atomic mass is 79.9. The fraction of sp³-hybridized carbons (Fsp3) is 0.231. The zero-order chi connectivity index (χ0) is 13.0. The lowest BCUT2D eigenvalue weighted by molar-refractivity contribution is 0.395. The van der Waals surface area contributed by atoms with Gasteiger partial charge in [0, 0.05) is 10.5 Å². The van der Waals surface area contributed by atoms with Crippen molar-refractivity contribution < 1.29 is 4.74 Å². The second kappa shape index (κ2) is 5.93. The van der Waals surface area contributed by atoms with Crippen LogP contribution >= 0.6 is 15.9 Å². The molecule has 2 N–H and O–H groups in total. The van der Waals surface area contributed by atoms with Crippen LogP contribution in [0.2, 0.25) is 0 Å². The molecule has 94 valence electrons. The van der Waals surface area contributed by atoms with Gasteiger partial charge in [0.15, 0.2) is 0 Å². The van der Waals surface area contributed by atoms with Gasteiger partial charge in [-0.2, -0.15) is 0 Å². The molecule has 0 bridgehead atoms. The maximum absolute atomic E-state index is 6.15. The van der Waals surface area contributed by atoms with E-state index in [0.717, 1.165) is 15.7 Å². The Labute approximate surface area is 114 Å². The number of ether oxygens (including phenoxy) is 1. The van der Waals surface area contributed by atoms with E-state index >= 15 is 0 Å². The van der Waals surface area contributed by atoms with Gasteiger partial charge in [-0.15, -0.1) is 0 Å². The van der Waals surface area contributed by atoms with Gasteiger partial charge in [-0.1, -0.05) is 34.1 Å². The molecule has 2 aromatic rings. The molecule has 0 saturated carbocycles. The first-order valence-electron chi connectivity index (χ1n) is 5.55. The fourth-order valence-corrected chi connectivity index (χ4v) is 2.12.